The van der Waals surface area contributed by atoms with Gasteiger partial charge in [0.25, 0.3) is 0 Å². The molecule has 0 aliphatic carbocycles. The maximum atomic E-state index is 11.8. The summed E-state index contributed by atoms with van der Waals surface area (Å²) >= 11 is 7.47. The molecule has 0 spiro atoms. The minimum atomic E-state index is -0.336. The Morgan fingerprint density at radius 1 is 1.33 bits per heavy atom. The van der Waals surface area contributed by atoms with E-state index < -0.39 is 0 Å². The van der Waals surface area contributed by atoms with E-state index in [9.17, 15) is 4.79 Å². The number of thiophene rings is 1. The summed E-state index contributed by atoms with van der Waals surface area (Å²) < 4.78 is 0. The van der Waals surface area contributed by atoms with E-state index in [4.69, 9.17) is 16.7 Å². The molecular weight excluding hydrogens is 308 g/mol. The van der Waals surface area contributed by atoms with Crippen molar-refractivity contribution in [2.24, 2.45) is 0 Å². The lowest BCUT2D eigenvalue weighted by Crippen LogP contribution is -2.28. The molecule has 1 aromatic carbocycles. The molecule has 1 heterocycles. The Hall–Kier alpha value is -2.00. The number of anilines is 1. The van der Waals surface area contributed by atoms with Crippen molar-refractivity contribution in [3.63, 3.8) is 0 Å². The monoisotopic (exact) mass is 320 g/mol. The van der Waals surface area contributed by atoms with Crippen molar-refractivity contribution in [2.45, 2.75) is 6.54 Å². The zero-order valence-corrected chi connectivity index (χ0v) is 12.6. The number of aliphatic hydroxyl groups excluding tert-OH is 1. The van der Waals surface area contributed by atoms with Crippen molar-refractivity contribution in [3.8, 4) is 11.8 Å². The van der Waals surface area contributed by atoms with Crippen LogP contribution in [0.2, 0.25) is 5.02 Å². The molecule has 0 saturated heterocycles. The molecular formula is C15H13ClN2O2S. The van der Waals surface area contributed by atoms with Crippen molar-refractivity contribution >= 4 is 34.7 Å². The van der Waals surface area contributed by atoms with Gasteiger partial charge in [-0.05, 0) is 23.6 Å². The summed E-state index contributed by atoms with van der Waals surface area (Å²) in [5.74, 6) is 5.44. The van der Waals surface area contributed by atoms with E-state index in [1.807, 2.05) is 11.4 Å². The highest BCUT2D eigenvalue weighted by atomic mass is 35.5. The number of carbonyl (C=O) groups is 1. The molecule has 0 atom stereocenters. The highest BCUT2D eigenvalue weighted by Gasteiger charge is 2.07. The molecule has 4 nitrogen and oxygen atoms in total. The SMILES string of the molecule is O=C(NCc1sccc1C#CCO)Nc1ccccc1Cl. The normalized spacial score (nSPS) is 9.62. The van der Waals surface area contributed by atoms with Crippen LogP contribution in [-0.2, 0) is 6.54 Å². The van der Waals surface area contributed by atoms with Crippen LogP contribution in [0.15, 0.2) is 35.7 Å². The summed E-state index contributed by atoms with van der Waals surface area (Å²) in [6.45, 7) is 0.180. The first-order chi connectivity index (χ1) is 10.2. The zero-order valence-electron chi connectivity index (χ0n) is 11.0. The predicted octanol–water partition coefficient (Wildman–Crippen LogP) is 3.07. The summed E-state index contributed by atoms with van der Waals surface area (Å²) in [7, 11) is 0. The number of rotatable bonds is 3. The first-order valence-electron chi connectivity index (χ1n) is 6.16. The molecule has 108 valence electrons. The largest absolute Gasteiger partial charge is 0.384 e. The van der Waals surface area contributed by atoms with Gasteiger partial charge in [0.05, 0.1) is 17.3 Å². The molecule has 21 heavy (non-hydrogen) atoms. The minimum Gasteiger partial charge on any atom is -0.384 e. The van der Waals surface area contributed by atoms with E-state index in [1.54, 1.807) is 24.3 Å². The number of hydrogen-bond donors (Lipinski definition) is 3. The summed E-state index contributed by atoms with van der Waals surface area (Å²) in [6.07, 6.45) is 0. The Morgan fingerprint density at radius 2 is 2.14 bits per heavy atom. The van der Waals surface area contributed by atoms with E-state index in [2.05, 4.69) is 22.5 Å². The lowest BCUT2D eigenvalue weighted by Gasteiger charge is -2.08. The highest BCUT2D eigenvalue weighted by Crippen LogP contribution is 2.20. The van der Waals surface area contributed by atoms with Gasteiger partial charge >= 0.3 is 6.03 Å². The Labute approximate surface area is 131 Å². The van der Waals surface area contributed by atoms with E-state index in [-0.39, 0.29) is 12.6 Å². The summed E-state index contributed by atoms with van der Waals surface area (Å²) in [5.41, 5.74) is 1.37. The van der Waals surface area contributed by atoms with Crippen LogP contribution in [0, 0.1) is 11.8 Å². The molecule has 0 unspecified atom stereocenters. The van der Waals surface area contributed by atoms with E-state index in [1.165, 1.54) is 11.3 Å². The maximum absolute atomic E-state index is 11.8. The average Bonchev–Trinajstić information content (AvgIpc) is 2.93. The Morgan fingerprint density at radius 3 is 2.90 bits per heavy atom. The third kappa shape index (κ3) is 4.50. The smallest absolute Gasteiger partial charge is 0.319 e. The maximum Gasteiger partial charge on any atom is 0.319 e. The van der Waals surface area contributed by atoms with Crippen LogP contribution in [0.5, 0.6) is 0 Å². The number of nitrogens with one attached hydrogen (secondary N) is 2. The number of hydrogen-bond acceptors (Lipinski definition) is 3. The predicted molar refractivity (Wildman–Crippen MR) is 85.6 cm³/mol. The van der Waals surface area contributed by atoms with Crippen molar-refractivity contribution in [1.82, 2.24) is 5.32 Å². The molecule has 0 aliphatic heterocycles. The standard InChI is InChI=1S/C15H13ClN2O2S/c16-12-5-1-2-6-13(12)18-15(20)17-10-14-11(4-3-8-19)7-9-21-14/h1-2,5-7,9,19H,8,10H2,(H2,17,18,20). The van der Waals surface area contributed by atoms with Crippen LogP contribution in [0.3, 0.4) is 0 Å². The molecule has 0 aliphatic rings. The first-order valence-corrected chi connectivity index (χ1v) is 7.42. The molecule has 2 aromatic rings. The topological polar surface area (TPSA) is 61.4 Å². The number of carbonyl (C=O) groups excluding carboxylic acids is 1. The van der Waals surface area contributed by atoms with Crippen molar-refractivity contribution < 1.29 is 9.90 Å². The molecule has 2 rings (SSSR count). The second-order valence-electron chi connectivity index (χ2n) is 4.00. The van der Waals surface area contributed by atoms with Gasteiger partial charge in [0, 0.05) is 10.4 Å². The number of para-hydroxylation sites is 1. The van der Waals surface area contributed by atoms with Gasteiger partial charge < -0.3 is 15.7 Å². The van der Waals surface area contributed by atoms with Gasteiger partial charge in [-0.25, -0.2) is 4.79 Å². The number of amides is 2. The average molecular weight is 321 g/mol. The Kier molecular flexibility index (Phi) is 5.64. The van der Waals surface area contributed by atoms with Gasteiger partial charge in [-0.3, -0.25) is 0 Å². The van der Waals surface area contributed by atoms with Gasteiger partial charge in [-0.2, -0.15) is 0 Å². The molecule has 1 aromatic heterocycles. The molecule has 0 radical (unpaired) electrons. The van der Waals surface area contributed by atoms with Gasteiger partial charge in [0.15, 0.2) is 0 Å². The molecule has 2 amide bonds. The van der Waals surface area contributed by atoms with Crippen molar-refractivity contribution in [2.75, 3.05) is 11.9 Å². The van der Waals surface area contributed by atoms with E-state index in [0.717, 1.165) is 10.4 Å². The summed E-state index contributed by atoms with van der Waals surface area (Å²) in [5, 5.41) is 16.5. The fraction of sp³-hybridized carbons (Fsp3) is 0.133. The Balaban J connectivity index is 1.93. The van der Waals surface area contributed by atoms with Crippen LogP contribution in [0.4, 0.5) is 10.5 Å². The third-order valence-electron chi connectivity index (χ3n) is 2.58. The first kappa shape index (κ1) is 15.4. The molecule has 6 heteroatoms. The van der Waals surface area contributed by atoms with Crippen molar-refractivity contribution in [1.29, 1.82) is 0 Å². The second kappa shape index (κ2) is 7.70. The van der Waals surface area contributed by atoms with Crippen LogP contribution in [0.1, 0.15) is 10.4 Å². The number of urea groups is 1. The van der Waals surface area contributed by atoms with Gasteiger partial charge in [-0.1, -0.05) is 35.6 Å². The van der Waals surface area contributed by atoms with Gasteiger partial charge in [0.2, 0.25) is 0 Å². The Bertz CT molecular complexity index is 688. The fourth-order valence-electron chi connectivity index (χ4n) is 1.61. The van der Waals surface area contributed by atoms with Gasteiger partial charge in [0.1, 0.15) is 6.61 Å². The van der Waals surface area contributed by atoms with Crippen LogP contribution in [0.25, 0.3) is 0 Å². The number of aliphatic hydroxyl groups is 1. The quantitative estimate of drug-likeness (QED) is 0.761. The van der Waals surface area contributed by atoms with Gasteiger partial charge in [-0.15, -0.1) is 11.3 Å². The lowest BCUT2D eigenvalue weighted by atomic mass is 10.2. The van der Waals surface area contributed by atoms with E-state index in [0.29, 0.717) is 17.3 Å². The van der Waals surface area contributed by atoms with E-state index >= 15 is 0 Å². The molecule has 0 saturated carbocycles. The fourth-order valence-corrected chi connectivity index (χ4v) is 2.57. The lowest BCUT2D eigenvalue weighted by molar-refractivity contribution is 0.252. The summed E-state index contributed by atoms with van der Waals surface area (Å²) in [6, 6.07) is 8.55. The zero-order chi connectivity index (χ0) is 15.1. The molecule has 3 N–H and O–H groups in total. The van der Waals surface area contributed by atoms with Crippen LogP contribution in [-0.4, -0.2) is 17.7 Å². The number of halogens is 1. The number of benzene rings is 1. The minimum absolute atomic E-state index is 0.185. The molecule has 0 fully saturated rings. The van der Waals surface area contributed by atoms with Crippen LogP contribution < -0.4 is 10.6 Å². The van der Waals surface area contributed by atoms with Crippen molar-refractivity contribution in [3.05, 3.63) is 51.2 Å². The third-order valence-corrected chi connectivity index (χ3v) is 3.83. The molecule has 0 bridgehead atoms. The van der Waals surface area contributed by atoms with Crippen LogP contribution >= 0.6 is 22.9 Å². The summed E-state index contributed by atoms with van der Waals surface area (Å²) in [4.78, 5) is 12.8. The highest BCUT2D eigenvalue weighted by molar-refractivity contribution is 7.10. The second-order valence-corrected chi connectivity index (χ2v) is 5.41.